The number of pyridine rings is 1. The van der Waals surface area contributed by atoms with Crippen molar-refractivity contribution in [2.24, 2.45) is 7.05 Å². The molecule has 2 heterocycles. The van der Waals surface area contributed by atoms with Gasteiger partial charge < -0.3 is 9.30 Å². The van der Waals surface area contributed by atoms with Gasteiger partial charge >= 0.3 is 5.97 Å². The maximum Gasteiger partial charge on any atom is 0.343 e. The van der Waals surface area contributed by atoms with Crippen molar-refractivity contribution in [2.45, 2.75) is 13.5 Å². The molecule has 4 rings (SSSR count). The number of aryl methyl sites for hydroxylation is 1. The maximum absolute atomic E-state index is 13.0. The van der Waals surface area contributed by atoms with Gasteiger partial charge in [-0.2, -0.15) is 0 Å². The number of rotatable bonds is 4. The van der Waals surface area contributed by atoms with Crippen molar-refractivity contribution in [3.8, 4) is 0 Å². The lowest BCUT2D eigenvalue weighted by molar-refractivity contribution is 0.0524. The van der Waals surface area contributed by atoms with Crippen LogP contribution in [0.3, 0.4) is 0 Å². The number of hydrogen-bond donors (Lipinski definition) is 0. The fourth-order valence-electron chi connectivity index (χ4n) is 3.25. The van der Waals surface area contributed by atoms with E-state index in [4.69, 9.17) is 4.74 Å². The number of ether oxygens (including phenoxy) is 1. The molecule has 28 heavy (non-hydrogen) atoms. The summed E-state index contributed by atoms with van der Waals surface area (Å²) in [6.07, 6.45) is 1.55. The van der Waals surface area contributed by atoms with Gasteiger partial charge in [-0.1, -0.05) is 33.3 Å². The van der Waals surface area contributed by atoms with Crippen molar-refractivity contribution in [3.63, 3.8) is 0 Å². The molecule has 0 N–H and O–H groups in total. The lowest BCUT2D eigenvalue weighted by atomic mass is 10.1. The van der Waals surface area contributed by atoms with Crippen LogP contribution in [-0.2, 0) is 18.3 Å². The number of carbonyl (C=O) groups excluding carboxylic acids is 1. The first kappa shape index (κ1) is 18.4. The van der Waals surface area contributed by atoms with Crippen LogP contribution in [0.4, 0.5) is 0 Å². The average Bonchev–Trinajstić information content (AvgIpc) is 3.06. The fraction of sp³-hybridized carbons (Fsp3) is 0.200. The molecule has 4 aromatic rings. The third kappa shape index (κ3) is 3.09. The molecule has 0 saturated heterocycles. The van der Waals surface area contributed by atoms with E-state index in [0.717, 1.165) is 15.6 Å². The van der Waals surface area contributed by atoms with E-state index in [2.05, 4.69) is 26.2 Å². The van der Waals surface area contributed by atoms with Gasteiger partial charge in [0.25, 0.3) is 0 Å². The van der Waals surface area contributed by atoms with Gasteiger partial charge in [0, 0.05) is 29.6 Å². The van der Waals surface area contributed by atoms with Gasteiger partial charge in [0.2, 0.25) is 5.43 Å². The second kappa shape index (κ2) is 7.20. The van der Waals surface area contributed by atoms with E-state index < -0.39 is 5.97 Å². The van der Waals surface area contributed by atoms with Gasteiger partial charge in [-0.15, -0.1) is 5.10 Å². The molecule has 2 aromatic carbocycles. The molecule has 142 valence electrons. The van der Waals surface area contributed by atoms with Crippen molar-refractivity contribution >= 4 is 43.8 Å². The molecular weight excluding hydrogens is 424 g/mol. The molecule has 0 atom stereocenters. The summed E-state index contributed by atoms with van der Waals surface area (Å²) in [4.78, 5) is 25.3. The Morgan fingerprint density at radius 2 is 1.93 bits per heavy atom. The Hall–Kier alpha value is -3.00. The monoisotopic (exact) mass is 440 g/mol. The molecule has 0 spiro atoms. The van der Waals surface area contributed by atoms with Gasteiger partial charge in [-0.25, -0.2) is 9.48 Å². The number of benzene rings is 2. The summed E-state index contributed by atoms with van der Waals surface area (Å²) in [5, 5.41) is 8.73. The zero-order valence-electron chi connectivity index (χ0n) is 15.3. The highest BCUT2D eigenvalue weighted by atomic mass is 79.9. The second-order valence-electron chi connectivity index (χ2n) is 6.39. The Balaban J connectivity index is 2.01. The van der Waals surface area contributed by atoms with E-state index in [9.17, 15) is 9.59 Å². The van der Waals surface area contributed by atoms with Gasteiger partial charge in [0.1, 0.15) is 11.1 Å². The Labute approximate surface area is 168 Å². The van der Waals surface area contributed by atoms with E-state index >= 15 is 0 Å². The van der Waals surface area contributed by atoms with Crippen LogP contribution in [0.15, 0.2) is 51.9 Å². The first-order chi connectivity index (χ1) is 13.5. The highest BCUT2D eigenvalue weighted by Crippen LogP contribution is 2.23. The summed E-state index contributed by atoms with van der Waals surface area (Å²) in [5.41, 5.74) is 2.73. The molecule has 0 aliphatic rings. The highest BCUT2D eigenvalue weighted by molar-refractivity contribution is 9.10. The molecule has 0 aliphatic carbocycles. The van der Waals surface area contributed by atoms with Crippen LogP contribution >= 0.6 is 15.9 Å². The third-order valence-electron chi connectivity index (χ3n) is 4.58. The van der Waals surface area contributed by atoms with Gasteiger partial charge in [-0.05, 0) is 36.8 Å². The SMILES string of the molecule is CCOC(=O)c1cn(Cc2ccc(Br)cc2)c2c(ccc3c2nnn3C)c1=O. The maximum atomic E-state index is 13.0. The van der Waals surface area contributed by atoms with Crippen LogP contribution in [0.5, 0.6) is 0 Å². The summed E-state index contributed by atoms with van der Waals surface area (Å²) < 4.78 is 9.58. The summed E-state index contributed by atoms with van der Waals surface area (Å²) in [6.45, 7) is 2.38. The average molecular weight is 441 g/mol. The number of hydrogen-bond acceptors (Lipinski definition) is 5. The number of aromatic nitrogens is 4. The van der Waals surface area contributed by atoms with E-state index in [0.29, 0.717) is 23.0 Å². The number of nitrogens with zero attached hydrogens (tertiary/aromatic N) is 4. The van der Waals surface area contributed by atoms with Crippen LogP contribution in [0.25, 0.3) is 21.9 Å². The standard InChI is InChI=1S/C20H17BrN4O3/c1-3-28-20(27)15-11-25(10-12-4-6-13(21)7-5-12)18-14(19(15)26)8-9-16-17(18)22-23-24(16)2/h4-9,11H,3,10H2,1-2H3. The van der Waals surface area contributed by atoms with E-state index in [1.165, 1.54) is 0 Å². The van der Waals surface area contributed by atoms with Gasteiger partial charge in [0.05, 0.1) is 17.6 Å². The Morgan fingerprint density at radius 1 is 1.18 bits per heavy atom. The largest absolute Gasteiger partial charge is 0.462 e. The first-order valence-electron chi connectivity index (χ1n) is 8.76. The van der Waals surface area contributed by atoms with Crippen molar-refractivity contribution in [1.29, 1.82) is 0 Å². The quantitative estimate of drug-likeness (QED) is 0.455. The molecule has 7 nitrogen and oxygen atoms in total. The van der Waals surface area contributed by atoms with Crippen molar-refractivity contribution in [1.82, 2.24) is 19.6 Å². The third-order valence-corrected chi connectivity index (χ3v) is 5.11. The normalized spacial score (nSPS) is 11.2. The van der Waals surface area contributed by atoms with Crippen molar-refractivity contribution < 1.29 is 9.53 Å². The Bertz CT molecular complexity index is 1260. The van der Waals surface area contributed by atoms with E-state index in [-0.39, 0.29) is 17.6 Å². The molecule has 0 amide bonds. The van der Waals surface area contributed by atoms with E-state index in [1.54, 1.807) is 37.0 Å². The molecule has 0 aliphatic heterocycles. The highest BCUT2D eigenvalue weighted by Gasteiger charge is 2.19. The number of esters is 1. The van der Waals surface area contributed by atoms with Crippen LogP contribution in [-0.4, -0.2) is 32.1 Å². The zero-order valence-corrected chi connectivity index (χ0v) is 16.9. The molecule has 0 saturated carbocycles. The van der Waals surface area contributed by atoms with Crippen LogP contribution in [0.1, 0.15) is 22.8 Å². The van der Waals surface area contributed by atoms with Crippen molar-refractivity contribution in [2.75, 3.05) is 6.61 Å². The summed E-state index contributed by atoms with van der Waals surface area (Å²) in [6, 6.07) is 11.4. The molecule has 0 fully saturated rings. The molecule has 0 bridgehead atoms. The Morgan fingerprint density at radius 3 is 2.64 bits per heavy atom. The second-order valence-corrected chi connectivity index (χ2v) is 7.30. The fourth-order valence-corrected chi connectivity index (χ4v) is 3.52. The summed E-state index contributed by atoms with van der Waals surface area (Å²) in [7, 11) is 1.80. The topological polar surface area (TPSA) is 79.0 Å². The van der Waals surface area contributed by atoms with Crippen LogP contribution in [0, 0.1) is 0 Å². The minimum atomic E-state index is -0.627. The number of carbonyl (C=O) groups is 1. The minimum absolute atomic E-state index is 0.00898. The summed E-state index contributed by atoms with van der Waals surface area (Å²) >= 11 is 3.43. The first-order valence-corrected chi connectivity index (χ1v) is 9.56. The molecule has 0 unspecified atom stereocenters. The molecule has 2 aromatic heterocycles. The van der Waals surface area contributed by atoms with Crippen molar-refractivity contribution in [3.05, 3.63) is 68.4 Å². The van der Waals surface area contributed by atoms with Crippen LogP contribution < -0.4 is 5.43 Å². The number of fused-ring (bicyclic) bond motifs is 3. The van der Waals surface area contributed by atoms with Gasteiger partial charge in [-0.3, -0.25) is 4.79 Å². The lowest BCUT2D eigenvalue weighted by Crippen LogP contribution is -2.21. The molecule has 8 heteroatoms. The molecule has 0 radical (unpaired) electrons. The smallest absolute Gasteiger partial charge is 0.343 e. The predicted molar refractivity (Wildman–Crippen MR) is 109 cm³/mol. The van der Waals surface area contributed by atoms with Crippen LogP contribution in [0.2, 0.25) is 0 Å². The van der Waals surface area contributed by atoms with Gasteiger partial charge in [0.15, 0.2) is 0 Å². The Kier molecular flexibility index (Phi) is 4.72. The molecular formula is C20H17BrN4O3. The minimum Gasteiger partial charge on any atom is -0.462 e. The zero-order chi connectivity index (χ0) is 19.8. The predicted octanol–water partition coefficient (Wildman–Crippen LogP) is 3.27. The van der Waals surface area contributed by atoms with E-state index in [1.807, 2.05) is 28.8 Å². The summed E-state index contributed by atoms with van der Waals surface area (Å²) in [5.74, 6) is -0.627. The number of halogens is 1. The lowest BCUT2D eigenvalue weighted by Gasteiger charge is -2.14.